The van der Waals surface area contributed by atoms with Crippen LogP contribution in [0, 0.1) is 11.8 Å². The van der Waals surface area contributed by atoms with Gasteiger partial charge in [0.2, 0.25) is 17.7 Å². The van der Waals surface area contributed by atoms with Gasteiger partial charge in [-0.25, -0.2) is 4.79 Å². The van der Waals surface area contributed by atoms with Gasteiger partial charge in [0.1, 0.15) is 12.1 Å². The number of nitrogens with two attached hydrogens (primary N) is 1. The minimum atomic E-state index is -1.11. The van der Waals surface area contributed by atoms with E-state index in [9.17, 15) is 24.3 Å². The Morgan fingerprint density at radius 2 is 1.75 bits per heavy atom. The number of amides is 3. The summed E-state index contributed by atoms with van der Waals surface area (Å²) in [6, 6.07) is -2.32. The van der Waals surface area contributed by atoms with Crippen molar-refractivity contribution < 1.29 is 24.3 Å². The van der Waals surface area contributed by atoms with Gasteiger partial charge in [-0.1, -0.05) is 40.5 Å². The number of hydrogen-bond acceptors (Lipinski definition) is 5. The molecule has 5 N–H and O–H groups in total. The molecule has 0 saturated carbocycles. The van der Waals surface area contributed by atoms with Crippen molar-refractivity contribution in [3.05, 3.63) is 0 Å². The van der Waals surface area contributed by atoms with E-state index in [0.29, 0.717) is 25.8 Å². The Hall–Kier alpha value is -2.16. The summed E-state index contributed by atoms with van der Waals surface area (Å²) in [6.45, 7) is 7.55. The molecular formula is C19H34N4O5. The molecule has 3 amide bonds. The normalized spacial score (nSPS) is 20.8. The topological polar surface area (TPSA) is 142 Å². The maximum absolute atomic E-state index is 12.6. The summed E-state index contributed by atoms with van der Waals surface area (Å²) in [6.07, 6.45) is 2.56. The molecule has 0 spiro atoms. The van der Waals surface area contributed by atoms with E-state index in [1.54, 1.807) is 6.92 Å². The van der Waals surface area contributed by atoms with Gasteiger partial charge in [0.15, 0.2) is 0 Å². The highest BCUT2D eigenvalue weighted by Gasteiger charge is 2.37. The molecule has 1 aliphatic rings. The zero-order valence-electron chi connectivity index (χ0n) is 17.2. The van der Waals surface area contributed by atoms with Crippen LogP contribution in [0.15, 0.2) is 0 Å². The largest absolute Gasteiger partial charge is 0.480 e. The molecule has 0 aromatic carbocycles. The smallest absolute Gasteiger partial charge is 0.326 e. The molecule has 160 valence electrons. The third kappa shape index (κ3) is 6.19. The summed E-state index contributed by atoms with van der Waals surface area (Å²) in [5.41, 5.74) is 6.02. The average Bonchev–Trinajstić information content (AvgIpc) is 3.17. The van der Waals surface area contributed by atoms with Crippen LogP contribution >= 0.6 is 0 Å². The van der Waals surface area contributed by atoms with Crippen molar-refractivity contribution >= 4 is 23.7 Å². The third-order valence-corrected chi connectivity index (χ3v) is 5.60. The maximum Gasteiger partial charge on any atom is 0.326 e. The highest BCUT2D eigenvalue weighted by Crippen LogP contribution is 2.20. The van der Waals surface area contributed by atoms with Crippen LogP contribution in [-0.4, -0.2) is 64.9 Å². The summed E-state index contributed by atoms with van der Waals surface area (Å²) in [4.78, 5) is 49.9. The van der Waals surface area contributed by atoms with Crippen LogP contribution < -0.4 is 16.4 Å². The van der Waals surface area contributed by atoms with Crippen molar-refractivity contribution in [1.29, 1.82) is 0 Å². The predicted octanol–water partition coefficient (Wildman–Crippen LogP) is 0.0825. The molecule has 1 aliphatic heterocycles. The molecule has 0 aromatic rings. The summed E-state index contributed by atoms with van der Waals surface area (Å²) in [5.74, 6) is -2.58. The minimum absolute atomic E-state index is 0.0103. The van der Waals surface area contributed by atoms with Crippen LogP contribution in [-0.2, 0) is 19.2 Å². The second-order valence-electron chi connectivity index (χ2n) is 7.59. The summed E-state index contributed by atoms with van der Waals surface area (Å²) >= 11 is 0. The van der Waals surface area contributed by atoms with Gasteiger partial charge >= 0.3 is 5.97 Å². The summed E-state index contributed by atoms with van der Waals surface area (Å²) in [7, 11) is 0. The van der Waals surface area contributed by atoms with Gasteiger partial charge in [0, 0.05) is 6.54 Å². The van der Waals surface area contributed by atoms with E-state index in [-0.39, 0.29) is 24.3 Å². The Labute approximate surface area is 166 Å². The number of likely N-dealkylation sites (tertiary alicyclic amines) is 1. The van der Waals surface area contributed by atoms with Crippen molar-refractivity contribution in [1.82, 2.24) is 15.5 Å². The van der Waals surface area contributed by atoms with Gasteiger partial charge in [0.25, 0.3) is 0 Å². The van der Waals surface area contributed by atoms with Gasteiger partial charge in [-0.2, -0.15) is 0 Å². The number of nitrogens with zero attached hydrogens (tertiary/aromatic N) is 1. The molecule has 1 heterocycles. The van der Waals surface area contributed by atoms with Crippen LogP contribution in [0.3, 0.4) is 0 Å². The van der Waals surface area contributed by atoms with Crippen LogP contribution in [0.4, 0.5) is 0 Å². The van der Waals surface area contributed by atoms with Crippen molar-refractivity contribution in [3.63, 3.8) is 0 Å². The fraction of sp³-hybridized carbons (Fsp3) is 0.789. The molecule has 0 aromatic heterocycles. The second-order valence-corrected chi connectivity index (χ2v) is 7.59. The monoisotopic (exact) mass is 398 g/mol. The van der Waals surface area contributed by atoms with E-state index in [4.69, 9.17) is 5.73 Å². The molecule has 1 fully saturated rings. The zero-order valence-corrected chi connectivity index (χ0v) is 17.2. The van der Waals surface area contributed by atoms with Gasteiger partial charge in [-0.3, -0.25) is 14.4 Å². The molecular weight excluding hydrogens is 364 g/mol. The van der Waals surface area contributed by atoms with Gasteiger partial charge in [-0.15, -0.1) is 0 Å². The highest BCUT2D eigenvalue weighted by atomic mass is 16.4. The molecule has 1 saturated heterocycles. The lowest BCUT2D eigenvalue weighted by atomic mass is 9.98. The molecule has 28 heavy (non-hydrogen) atoms. The highest BCUT2D eigenvalue weighted by molar-refractivity contribution is 5.93. The summed E-state index contributed by atoms with van der Waals surface area (Å²) < 4.78 is 0. The molecule has 9 nitrogen and oxygen atoms in total. The number of nitrogens with one attached hydrogen (secondary N) is 2. The van der Waals surface area contributed by atoms with Crippen molar-refractivity contribution in [2.75, 3.05) is 13.1 Å². The van der Waals surface area contributed by atoms with Crippen LogP contribution in [0.1, 0.15) is 53.4 Å². The Morgan fingerprint density at radius 3 is 2.29 bits per heavy atom. The van der Waals surface area contributed by atoms with Gasteiger partial charge in [-0.05, 0) is 24.7 Å². The van der Waals surface area contributed by atoms with E-state index in [1.165, 1.54) is 4.90 Å². The van der Waals surface area contributed by atoms with E-state index < -0.39 is 35.9 Å². The lowest BCUT2D eigenvalue weighted by Gasteiger charge is -2.28. The van der Waals surface area contributed by atoms with E-state index >= 15 is 0 Å². The third-order valence-electron chi connectivity index (χ3n) is 5.60. The number of carbonyl (C=O) groups excluding carboxylic acids is 3. The fourth-order valence-electron chi connectivity index (χ4n) is 3.18. The SMILES string of the molecule is CCC(C)C(N)C(=O)N1CCCC1C(=O)NCC(=O)NC(C(=O)O)C(C)CC. The first-order chi connectivity index (χ1) is 13.1. The first-order valence-electron chi connectivity index (χ1n) is 9.99. The lowest BCUT2D eigenvalue weighted by molar-refractivity contribution is -0.143. The number of aliphatic carboxylic acids is 1. The van der Waals surface area contributed by atoms with E-state index in [0.717, 1.165) is 6.42 Å². The van der Waals surface area contributed by atoms with Crippen molar-refractivity contribution in [2.45, 2.75) is 71.5 Å². The lowest BCUT2D eigenvalue weighted by Crippen LogP contribution is -2.54. The first kappa shape index (κ1) is 23.9. The standard InChI is InChI=1S/C19H34N4O5/c1-5-11(3)15(20)18(26)23-9-7-8-13(23)17(25)21-10-14(24)22-16(19(27)28)12(4)6-2/h11-13,15-16H,5-10,20H2,1-4H3,(H,21,25)(H,22,24)(H,27,28). The first-order valence-corrected chi connectivity index (χ1v) is 9.99. The number of hydrogen-bond donors (Lipinski definition) is 4. The van der Waals surface area contributed by atoms with Crippen molar-refractivity contribution in [3.8, 4) is 0 Å². The molecule has 0 bridgehead atoms. The molecule has 5 atom stereocenters. The minimum Gasteiger partial charge on any atom is -0.480 e. The average molecular weight is 399 g/mol. The van der Waals surface area contributed by atoms with Gasteiger partial charge in [0.05, 0.1) is 12.6 Å². The predicted molar refractivity (Wildman–Crippen MR) is 104 cm³/mol. The van der Waals surface area contributed by atoms with Crippen LogP contribution in [0.5, 0.6) is 0 Å². The fourth-order valence-corrected chi connectivity index (χ4v) is 3.18. The number of carbonyl (C=O) groups is 4. The van der Waals surface area contributed by atoms with Crippen molar-refractivity contribution in [2.24, 2.45) is 17.6 Å². The summed E-state index contributed by atoms with van der Waals surface area (Å²) in [5, 5.41) is 14.2. The maximum atomic E-state index is 12.6. The van der Waals surface area contributed by atoms with Crippen LogP contribution in [0.25, 0.3) is 0 Å². The number of rotatable bonds is 10. The Kier molecular flexibility index (Phi) is 9.37. The molecule has 0 radical (unpaired) electrons. The van der Waals surface area contributed by atoms with Gasteiger partial charge < -0.3 is 26.4 Å². The molecule has 0 aliphatic carbocycles. The Morgan fingerprint density at radius 1 is 1.14 bits per heavy atom. The molecule has 9 heteroatoms. The van der Waals surface area contributed by atoms with Crippen LogP contribution in [0.2, 0.25) is 0 Å². The van der Waals surface area contributed by atoms with E-state index in [1.807, 2.05) is 20.8 Å². The quantitative estimate of drug-likeness (QED) is 0.411. The Balaban J connectivity index is 2.63. The molecule has 1 rings (SSSR count). The molecule has 5 unspecified atom stereocenters. The number of carboxylic acid groups (broad SMARTS) is 1. The zero-order chi connectivity index (χ0) is 21.4. The second kappa shape index (κ2) is 11.0. The Bertz CT molecular complexity index is 583. The van der Waals surface area contributed by atoms with E-state index in [2.05, 4.69) is 10.6 Å². The number of carboxylic acids is 1.